The van der Waals surface area contributed by atoms with Crippen LogP contribution in [0.15, 0.2) is 84.0 Å². The fourth-order valence-electron chi connectivity index (χ4n) is 6.29. The molecular formula is C37H33F4N5O6S. The predicted octanol–water partition coefficient (Wildman–Crippen LogP) is 6.26. The number of nitrogens with one attached hydrogen (secondary N) is 1. The van der Waals surface area contributed by atoms with Crippen molar-refractivity contribution in [3.63, 3.8) is 0 Å². The van der Waals surface area contributed by atoms with Crippen LogP contribution in [0.2, 0.25) is 0 Å². The minimum Gasteiger partial charge on any atom is -0.496 e. The molecule has 1 fully saturated rings. The van der Waals surface area contributed by atoms with Crippen molar-refractivity contribution in [1.29, 1.82) is 0 Å². The van der Waals surface area contributed by atoms with Crippen molar-refractivity contribution in [2.24, 2.45) is 0 Å². The Kier molecular flexibility index (Phi) is 9.76. The number of fused-ring (bicyclic) bond motifs is 1. The topological polar surface area (TPSA) is 131 Å². The molecule has 276 valence electrons. The number of aryl methyl sites for hydroxylation is 1. The van der Waals surface area contributed by atoms with Gasteiger partial charge in [0.1, 0.15) is 17.6 Å². The lowest BCUT2D eigenvalue weighted by Gasteiger charge is -2.25. The van der Waals surface area contributed by atoms with Gasteiger partial charge in [-0.25, -0.2) is 21.8 Å². The van der Waals surface area contributed by atoms with E-state index in [4.69, 9.17) is 4.74 Å². The minimum absolute atomic E-state index is 0.0208. The monoisotopic (exact) mass is 751 g/mol. The van der Waals surface area contributed by atoms with Gasteiger partial charge in [0.05, 0.1) is 23.3 Å². The van der Waals surface area contributed by atoms with Crippen LogP contribution in [0, 0.1) is 12.7 Å². The Bertz CT molecular complexity index is 2380. The van der Waals surface area contributed by atoms with Gasteiger partial charge in [0.25, 0.3) is 15.9 Å². The van der Waals surface area contributed by atoms with Crippen molar-refractivity contribution in [2.75, 3.05) is 33.1 Å². The summed E-state index contributed by atoms with van der Waals surface area (Å²) in [5, 5.41) is 2.61. The molecule has 1 saturated heterocycles. The summed E-state index contributed by atoms with van der Waals surface area (Å²) in [6, 6.07) is 15.6. The summed E-state index contributed by atoms with van der Waals surface area (Å²) in [4.78, 5) is 44.7. The zero-order valence-corrected chi connectivity index (χ0v) is 29.7. The molecule has 1 aliphatic heterocycles. The fraction of sp³-hybridized carbons (Fsp3) is 0.243. The molecule has 6 rings (SSSR count). The molecule has 1 aliphatic rings. The van der Waals surface area contributed by atoms with E-state index in [0.29, 0.717) is 27.2 Å². The van der Waals surface area contributed by atoms with E-state index in [0.717, 1.165) is 20.5 Å². The zero-order chi connectivity index (χ0) is 38.4. The normalized spacial score (nSPS) is 14.7. The molecule has 1 atom stereocenters. The van der Waals surface area contributed by atoms with Gasteiger partial charge in [0.15, 0.2) is 5.65 Å². The number of carbonyl (C=O) groups excluding carboxylic acids is 3. The Labute approximate surface area is 301 Å². The second kappa shape index (κ2) is 14.0. The second-order valence-corrected chi connectivity index (χ2v) is 14.5. The van der Waals surface area contributed by atoms with Crippen molar-refractivity contribution in [1.82, 2.24) is 18.8 Å². The summed E-state index contributed by atoms with van der Waals surface area (Å²) in [5.74, 6) is -4.66. The maximum Gasteiger partial charge on any atom is 0.471 e. The maximum atomic E-state index is 16.1. The van der Waals surface area contributed by atoms with Gasteiger partial charge in [-0.2, -0.15) is 13.2 Å². The molecule has 0 saturated carbocycles. The number of hydrogen-bond donors (Lipinski definition) is 1. The number of ether oxygens (including phenoxy) is 1. The highest BCUT2D eigenvalue weighted by molar-refractivity contribution is 7.90. The molecule has 0 radical (unpaired) electrons. The highest BCUT2D eigenvalue weighted by Gasteiger charge is 2.48. The molecule has 3 heterocycles. The summed E-state index contributed by atoms with van der Waals surface area (Å²) >= 11 is 0. The predicted molar refractivity (Wildman–Crippen MR) is 188 cm³/mol. The van der Waals surface area contributed by atoms with Crippen LogP contribution in [0.5, 0.6) is 5.75 Å². The molecule has 3 amide bonds. The molecule has 11 nitrogen and oxygen atoms in total. The molecule has 1 N–H and O–H groups in total. The quantitative estimate of drug-likeness (QED) is 0.185. The Morgan fingerprint density at radius 3 is 2.34 bits per heavy atom. The van der Waals surface area contributed by atoms with E-state index >= 15 is 4.39 Å². The van der Waals surface area contributed by atoms with Crippen LogP contribution in [0.25, 0.3) is 33.3 Å². The third-order valence-corrected chi connectivity index (χ3v) is 10.6. The second-order valence-electron chi connectivity index (χ2n) is 12.7. The van der Waals surface area contributed by atoms with E-state index in [1.165, 1.54) is 51.8 Å². The van der Waals surface area contributed by atoms with Gasteiger partial charge >= 0.3 is 12.1 Å². The largest absolute Gasteiger partial charge is 0.496 e. The number of likely N-dealkylation sites (tertiary alicyclic amines) is 1. The number of rotatable bonds is 8. The van der Waals surface area contributed by atoms with Crippen molar-refractivity contribution in [2.45, 2.75) is 36.9 Å². The number of aromatic nitrogens is 2. The van der Waals surface area contributed by atoms with Crippen LogP contribution in [-0.4, -0.2) is 84.9 Å². The smallest absolute Gasteiger partial charge is 0.471 e. The van der Waals surface area contributed by atoms with Crippen LogP contribution < -0.4 is 10.1 Å². The first-order chi connectivity index (χ1) is 25.0. The van der Waals surface area contributed by atoms with E-state index in [9.17, 15) is 36.0 Å². The number of para-hydroxylation sites is 1. The maximum absolute atomic E-state index is 16.1. The number of hydrogen-bond acceptors (Lipinski definition) is 7. The van der Waals surface area contributed by atoms with Crippen LogP contribution in [0.1, 0.15) is 28.8 Å². The highest BCUT2D eigenvalue weighted by Crippen LogP contribution is 2.39. The van der Waals surface area contributed by atoms with E-state index in [-0.39, 0.29) is 46.6 Å². The van der Waals surface area contributed by atoms with Gasteiger partial charge in [-0.1, -0.05) is 35.9 Å². The first-order valence-electron chi connectivity index (χ1n) is 16.2. The van der Waals surface area contributed by atoms with Crippen molar-refractivity contribution < 1.29 is 45.1 Å². The third-order valence-electron chi connectivity index (χ3n) is 8.95. The van der Waals surface area contributed by atoms with Gasteiger partial charge in [-0.3, -0.25) is 14.4 Å². The molecular weight excluding hydrogens is 718 g/mol. The molecule has 2 aromatic heterocycles. The number of anilines is 1. The number of amides is 3. The lowest BCUT2D eigenvalue weighted by molar-refractivity contribution is -0.186. The van der Waals surface area contributed by atoms with E-state index < -0.39 is 51.5 Å². The summed E-state index contributed by atoms with van der Waals surface area (Å²) in [7, 11) is 0.0860. The lowest BCUT2D eigenvalue weighted by atomic mass is 9.99. The molecule has 5 aromatic rings. The van der Waals surface area contributed by atoms with Gasteiger partial charge in [0, 0.05) is 55.1 Å². The molecule has 0 aliphatic carbocycles. The molecule has 16 heteroatoms. The Hall–Kier alpha value is -5.77. The third kappa shape index (κ3) is 6.93. The summed E-state index contributed by atoms with van der Waals surface area (Å²) in [6.45, 7) is 1.51. The molecule has 53 heavy (non-hydrogen) atoms. The molecule has 0 unspecified atom stereocenters. The number of benzene rings is 3. The summed E-state index contributed by atoms with van der Waals surface area (Å²) in [5.41, 5.74) is 1.36. The Morgan fingerprint density at radius 2 is 1.68 bits per heavy atom. The van der Waals surface area contributed by atoms with Crippen molar-refractivity contribution in [3.05, 3.63) is 96.1 Å². The number of carbonyl (C=O) groups is 3. The van der Waals surface area contributed by atoms with Gasteiger partial charge in [0.2, 0.25) is 5.91 Å². The average Bonchev–Trinajstić information content (AvgIpc) is 3.77. The lowest BCUT2D eigenvalue weighted by Crippen LogP contribution is -2.48. The highest BCUT2D eigenvalue weighted by atomic mass is 32.2. The number of methoxy groups -OCH3 is 1. The Balaban J connectivity index is 1.48. The van der Waals surface area contributed by atoms with Gasteiger partial charge in [-0.05, 0) is 61.7 Å². The summed E-state index contributed by atoms with van der Waals surface area (Å²) in [6.07, 6.45) is -2.46. The molecule has 0 bridgehead atoms. The van der Waals surface area contributed by atoms with Crippen molar-refractivity contribution >= 4 is 44.5 Å². The SMILES string of the molecule is COc1ccccc1-c1cn(S(=O)(=O)c2ccc(C)cc2)c2ncc(-c3cc(F)c(NC(=O)[C@@H]4CCCN4C(=O)C(F)(F)F)c(C(=O)N(C)C)c3)cc12. The standard InChI is InChI=1S/C37H33F4N5O6S/c1-21-11-13-24(14-12-21)53(50,51)46-20-28(25-8-5-6-10-31(25)52-4)26-17-23(19-42-33(26)46)22-16-27(35(48)44(2)3)32(29(38)18-22)43-34(47)30-9-7-15-45(30)36(49)37(39,40)41/h5-6,8,10-14,16-20,30H,7,9,15H2,1-4H3,(H,43,47)/t30-/m0/s1. The van der Waals surface area contributed by atoms with Gasteiger partial charge < -0.3 is 19.9 Å². The van der Waals surface area contributed by atoms with E-state index in [1.807, 2.05) is 6.92 Å². The van der Waals surface area contributed by atoms with Crippen LogP contribution in [0.4, 0.5) is 23.2 Å². The van der Waals surface area contributed by atoms with Crippen LogP contribution >= 0.6 is 0 Å². The number of halogens is 4. The van der Waals surface area contributed by atoms with Gasteiger partial charge in [-0.15, -0.1) is 0 Å². The number of nitrogens with zero attached hydrogens (tertiary/aromatic N) is 4. The first-order valence-corrected chi connectivity index (χ1v) is 17.7. The number of pyridine rings is 1. The zero-order valence-electron chi connectivity index (χ0n) is 28.9. The summed E-state index contributed by atoms with van der Waals surface area (Å²) < 4.78 is 90.3. The fourth-order valence-corrected chi connectivity index (χ4v) is 7.61. The average molecular weight is 752 g/mol. The first kappa shape index (κ1) is 37.0. The van der Waals surface area contributed by atoms with Crippen LogP contribution in [0.3, 0.4) is 0 Å². The molecule has 3 aromatic carbocycles. The van der Waals surface area contributed by atoms with E-state index in [2.05, 4.69) is 10.3 Å². The molecule has 0 spiro atoms. The Morgan fingerprint density at radius 1 is 0.981 bits per heavy atom. The van der Waals surface area contributed by atoms with E-state index in [1.54, 1.807) is 42.5 Å². The number of alkyl halides is 3. The minimum atomic E-state index is -5.21. The van der Waals surface area contributed by atoms with Crippen molar-refractivity contribution in [3.8, 4) is 28.0 Å². The van der Waals surface area contributed by atoms with Crippen LogP contribution in [-0.2, 0) is 19.6 Å².